The summed E-state index contributed by atoms with van der Waals surface area (Å²) in [6, 6.07) is 1.75. The van der Waals surface area contributed by atoms with Gasteiger partial charge in [0.2, 0.25) is 5.91 Å². The van der Waals surface area contributed by atoms with Crippen molar-refractivity contribution in [2.45, 2.75) is 33.1 Å². The van der Waals surface area contributed by atoms with Crippen molar-refractivity contribution in [2.75, 3.05) is 19.6 Å². The molecular formula is C17H24N6O2. The highest BCUT2D eigenvalue weighted by atomic mass is 16.2. The number of aromatic nitrogens is 4. The van der Waals surface area contributed by atoms with Crippen molar-refractivity contribution in [3.63, 3.8) is 0 Å². The van der Waals surface area contributed by atoms with Gasteiger partial charge in [-0.2, -0.15) is 10.2 Å². The van der Waals surface area contributed by atoms with Gasteiger partial charge in [-0.3, -0.25) is 19.4 Å². The summed E-state index contributed by atoms with van der Waals surface area (Å²) in [7, 11) is 1.89. The lowest BCUT2D eigenvalue weighted by Crippen LogP contribution is -2.30. The predicted octanol–water partition coefficient (Wildman–Crippen LogP) is 1.17. The maximum absolute atomic E-state index is 12.2. The van der Waals surface area contributed by atoms with Crippen molar-refractivity contribution in [1.29, 1.82) is 0 Å². The number of hydrogen-bond acceptors (Lipinski definition) is 4. The Morgan fingerprint density at radius 3 is 2.84 bits per heavy atom. The Hall–Kier alpha value is -2.64. The first-order valence-corrected chi connectivity index (χ1v) is 8.59. The number of likely N-dealkylation sites (tertiary alicyclic amines) is 1. The molecule has 1 saturated heterocycles. The van der Waals surface area contributed by atoms with E-state index in [4.69, 9.17) is 0 Å². The van der Waals surface area contributed by atoms with E-state index >= 15 is 0 Å². The zero-order valence-corrected chi connectivity index (χ0v) is 14.9. The Morgan fingerprint density at radius 1 is 1.40 bits per heavy atom. The molecule has 3 heterocycles. The molecule has 2 aromatic heterocycles. The first-order chi connectivity index (χ1) is 12.0. The zero-order valence-electron chi connectivity index (χ0n) is 14.9. The molecule has 0 unspecified atom stereocenters. The quantitative estimate of drug-likeness (QED) is 0.769. The van der Waals surface area contributed by atoms with E-state index in [1.54, 1.807) is 10.7 Å². The molecule has 0 bridgehead atoms. The molecule has 1 fully saturated rings. The molecular weight excluding hydrogens is 320 g/mol. The average Bonchev–Trinajstić information content (AvgIpc) is 3.26. The molecule has 0 spiro atoms. The molecule has 134 valence electrons. The Morgan fingerprint density at radius 2 is 2.20 bits per heavy atom. The van der Waals surface area contributed by atoms with Gasteiger partial charge in [0.05, 0.1) is 11.4 Å². The second-order valence-corrected chi connectivity index (χ2v) is 6.43. The van der Waals surface area contributed by atoms with Gasteiger partial charge in [-0.15, -0.1) is 0 Å². The van der Waals surface area contributed by atoms with Crippen LogP contribution in [-0.4, -0.2) is 56.3 Å². The van der Waals surface area contributed by atoms with Gasteiger partial charge < -0.3 is 10.2 Å². The largest absolute Gasteiger partial charge is 0.351 e. The maximum Gasteiger partial charge on any atom is 0.269 e. The van der Waals surface area contributed by atoms with Crippen LogP contribution in [0, 0.1) is 13.8 Å². The Kier molecular flexibility index (Phi) is 4.87. The van der Waals surface area contributed by atoms with E-state index in [0.29, 0.717) is 25.2 Å². The highest BCUT2D eigenvalue weighted by Crippen LogP contribution is 2.25. The third-order valence-electron chi connectivity index (χ3n) is 4.65. The van der Waals surface area contributed by atoms with Crippen molar-refractivity contribution in [3.05, 3.63) is 23.1 Å². The van der Waals surface area contributed by atoms with Gasteiger partial charge in [0.1, 0.15) is 5.69 Å². The molecule has 2 aromatic rings. The first kappa shape index (κ1) is 17.2. The minimum atomic E-state index is -0.189. The third-order valence-corrected chi connectivity index (χ3v) is 4.65. The Labute approximate surface area is 146 Å². The molecule has 8 heteroatoms. The lowest BCUT2D eigenvalue weighted by molar-refractivity contribution is -0.127. The maximum atomic E-state index is 12.2. The second-order valence-electron chi connectivity index (χ2n) is 6.43. The van der Waals surface area contributed by atoms with Gasteiger partial charge in [0, 0.05) is 44.4 Å². The van der Waals surface area contributed by atoms with E-state index in [0.717, 1.165) is 42.0 Å². The molecule has 8 nitrogen and oxygen atoms in total. The molecule has 0 radical (unpaired) electrons. The van der Waals surface area contributed by atoms with E-state index in [1.807, 2.05) is 25.8 Å². The van der Waals surface area contributed by atoms with Gasteiger partial charge in [0.25, 0.3) is 5.91 Å². The monoisotopic (exact) mass is 344 g/mol. The molecule has 25 heavy (non-hydrogen) atoms. The standard InChI is InChI=1S/C17H24N6O2/c1-11-16(12(2)22(3)21-11)13-10-14(20-19-13)17(25)18-7-5-9-23-8-4-6-15(23)24/h10H,4-9H2,1-3H3,(H,18,25)(H,19,20). The minimum Gasteiger partial charge on any atom is -0.351 e. The number of aryl methyl sites for hydroxylation is 2. The van der Waals surface area contributed by atoms with Crippen LogP contribution >= 0.6 is 0 Å². The van der Waals surface area contributed by atoms with Gasteiger partial charge >= 0.3 is 0 Å². The summed E-state index contributed by atoms with van der Waals surface area (Å²) < 4.78 is 1.80. The van der Waals surface area contributed by atoms with Crippen LogP contribution < -0.4 is 5.32 Å². The summed E-state index contributed by atoms with van der Waals surface area (Å²) in [5, 5.41) is 14.3. The van der Waals surface area contributed by atoms with E-state index in [-0.39, 0.29) is 11.8 Å². The van der Waals surface area contributed by atoms with E-state index in [1.165, 1.54) is 0 Å². The first-order valence-electron chi connectivity index (χ1n) is 8.59. The molecule has 1 aliphatic rings. The lowest BCUT2D eigenvalue weighted by atomic mass is 10.1. The summed E-state index contributed by atoms with van der Waals surface area (Å²) >= 11 is 0. The number of aromatic amines is 1. The van der Waals surface area contributed by atoms with Crippen molar-refractivity contribution < 1.29 is 9.59 Å². The van der Waals surface area contributed by atoms with Crippen LogP contribution in [0.4, 0.5) is 0 Å². The molecule has 3 rings (SSSR count). The average molecular weight is 344 g/mol. The topological polar surface area (TPSA) is 95.9 Å². The van der Waals surface area contributed by atoms with Crippen LogP contribution in [0.15, 0.2) is 6.07 Å². The van der Waals surface area contributed by atoms with Crippen LogP contribution in [-0.2, 0) is 11.8 Å². The van der Waals surface area contributed by atoms with Crippen molar-refractivity contribution >= 4 is 11.8 Å². The van der Waals surface area contributed by atoms with Gasteiger partial charge in [-0.05, 0) is 32.8 Å². The molecule has 0 atom stereocenters. The number of H-pyrrole nitrogens is 1. The Bertz CT molecular complexity index is 791. The van der Waals surface area contributed by atoms with Crippen molar-refractivity contribution in [2.24, 2.45) is 7.05 Å². The fourth-order valence-electron chi connectivity index (χ4n) is 3.22. The summed E-state index contributed by atoms with van der Waals surface area (Å²) in [5.41, 5.74) is 3.98. The third kappa shape index (κ3) is 3.57. The van der Waals surface area contributed by atoms with Crippen molar-refractivity contribution in [1.82, 2.24) is 30.2 Å². The van der Waals surface area contributed by atoms with Crippen LogP contribution in [0.5, 0.6) is 0 Å². The summed E-state index contributed by atoms with van der Waals surface area (Å²) in [4.78, 5) is 25.6. The van der Waals surface area contributed by atoms with E-state index in [2.05, 4.69) is 20.6 Å². The smallest absolute Gasteiger partial charge is 0.269 e. The predicted molar refractivity (Wildman–Crippen MR) is 93.0 cm³/mol. The van der Waals surface area contributed by atoms with Crippen LogP contribution in [0.3, 0.4) is 0 Å². The number of hydrogen-bond donors (Lipinski definition) is 2. The number of rotatable bonds is 6. The lowest BCUT2D eigenvalue weighted by Gasteiger charge is -2.15. The molecule has 0 aliphatic carbocycles. The van der Waals surface area contributed by atoms with E-state index < -0.39 is 0 Å². The molecule has 0 aromatic carbocycles. The summed E-state index contributed by atoms with van der Waals surface area (Å²) in [6.07, 6.45) is 2.34. The van der Waals surface area contributed by atoms with E-state index in [9.17, 15) is 9.59 Å². The van der Waals surface area contributed by atoms with Gasteiger partial charge in [-0.25, -0.2) is 0 Å². The van der Waals surface area contributed by atoms with Crippen LogP contribution in [0.2, 0.25) is 0 Å². The fourth-order valence-corrected chi connectivity index (χ4v) is 3.22. The van der Waals surface area contributed by atoms with Gasteiger partial charge in [0.15, 0.2) is 0 Å². The van der Waals surface area contributed by atoms with Gasteiger partial charge in [-0.1, -0.05) is 0 Å². The molecule has 2 N–H and O–H groups in total. The normalized spacial score (nSPS) is 14.4. The number of carbonyl (C=O) groups is 2. The number of nitrogens with zero attached hydrogens (tertiary/aromatic N) is 4. The number of nitrogens with one attached hydrogen (secondary N) is 2. The molecule has 2 amide bonds. The van der Waals surface area contributed by atoms with Crippen LogP contribution in [0.1, 0.15) is 41.1 Å². The highest BCUT2D eigenvalue weighted by molar-refractivity contribution is 5.93. The number of amides is 2. The zero-order chi connectivity index (χ0) is 18.0. The highest BCUT2D eigenvalue weighted by Gasteiger charge is 2.20. The Balaban J connectivity index is 1.55. The van der Waals surface area contributed by atoms with Crippen molar-refractivity contribution in [3.8, 4) is 11.3 Å². The second kappa shape index (κ2) is 7.08. The fraction of sp³-hybridized carbons (Fsp3) is 0.529. The SMILES string of the molecule is Cc1nn(C)c(C)c1-c1cc(C(=O)NCCCN2CCCC2=O)[nH]n1. The minimum absolute atomic E-state index is 0.189. The molecule has 1 aliphatic heterocycles. The van der Waals surface area contributed by atoms with Crippen LogP contribution in [0.25, 0.3) is 11.3 Å². The number of carbonyl (C=O) groups excluding carboxylic acids is 2. The summed E-state index contributed by atoms with van der Waals surface area (Å²) in [5.74, 6) is 0.0254. The summed E-state index contributed by atoms with van der Waals surface area (Å²) in [6.45, 7) is 5.96. The molecule has 0 saturated carbocycles.